The van der Waals surface area contributed by atoms with Gasteiger partial charge < -0.3 is 14.4 Å². The van der Waals surface area contributed by atoms with Gasteiger partial charge in [-0.05, 0) is 55.8 Å². The Hall–Kier alpha value is -3.36. The molecule has 184 valence electrons. The predicted molar refractivity (Wildman–Crippen MR) is 136 cm³/mol. The van der Waals surface area contributed by atoms with E-state index in [-0.39, 0.29) is 35.0 Å². The van der Waals surface area contributed by atoms with Crippen LogP contribution in [0.2, 0.25) is 5.02 Å². The monoisotopic (exact) mass is 514 g/mol. The Morgan fingerprint density at radius 2 is 1.63 bits per heavy atom. The number of benzene rings is 3. The number of rotatable bonds is 9. The summed E-state index contributed by atoms with van der Waals surface area (Å²) in [5, 5.41) is 2.93. The van der Waals surface area contributed by atoms with Gasteiger partial charge in [-0.15, -0.1) is 0 Å². The molecule has 0 saturated heterocycles. The van der Waals surface area contributed by atoms with Gasteiger partial charge in [-0.3, -0.25) is 9.59 Å². The highest BCUT2D eigenvalue weighted by Gasteiger charge is 2.25. The van der Waals surface area contributed by atoms with E-state index in [1.165, 1.54) is 31.2 Å². The van der Waals surface area contributed by atoms with E-state index in [0.717, 1.165) is 0 Å². The topological polar surface area (TPSA) is 92.8 Å². The zero-order valence-electron chi connectivity index (χ0n) is 19.7. The van der Waals surface area contributed by atoms with Crippen LogP contribution in [0.5, 0.6) is 5.75 Å². The second kappa shape index (κ2) is 11.4. The van der Waals surface area contributed by atoms with Gasteiger partial charge in [0.1, 0.15) is 10.6 Å². The molecule has 3 aromatic carbocycles. The van der Waals surface area contributed by atoms with Gasteiger partial charge in [0.05, 0.1) is 10.6 Å². The summed E-state index contributed by atoms with van der Waals surface area (Å²) >= 11 is 6.26. The maximum absolute atomic E-state index is 13.3. The van der Waals surface area contributed by atoms with E-state index in [1.807, 2.05) is 13.8 Å². The largest absolute Gasteiger partial charge is 0.379 e. The quantitative estimate of drug-likeness (QED) is 0.380. The van der Waals surface area contributed by atoms with Crippen molar-refractivity contribution in [1.82, 2.24) is 4.90 Å². The Morgan fingerprint density at radius 1 is 1.00 bits per heavy atom. The first kappa shape index (κ1) is 26.2. The van der Waals surface area contributed by atoms with Gasteiger partial charge in [0.25, 0.3) is 5.91 Å². The van der Waals surface area contributed by atoms with Crippen molar-refractivity contribution in [3.05, 3.63) is 88.9 Å². The Labute approximate surface area is 210 Å². The number of hydrogen-bond acceptors (Lipinski definition) is 5. The van der Waals surface area contributed by atoms with Crippen molar-refractivity contribution in [2.24, 2.45) is 0 Å². The predicted octanol–water partition coefficient (Wildman–Crippen LogP) is 5.51. The molecule has 35 heavy (non-hydrogen) atoms. The molecule has 0 fully saturated rings. The maximum atomic E-state index is 13.3. The van der Waals surface area contributed by atoms with Crippen molar-refractivity contribution in [3.63, 3.8) is 0 Å². The van der Waals surface area contributed by atoms with Crippen LogP contribution in [-0.4, -0.2) is 31.2 Å². The molecule has 3 aromatic rings. The van der Waals surface area contributed by atoms with Crippen LogP contribution in [0, 0.1) is 0 Å². The lowest BCUT2D eigenvalue weighted by Crippen LogP contribution is -2.38. The Bertz CT molecular complexity index is 1310. The summed E-state index contributed by atoms with van der Waals surface area (Å²) in [5.74, 6) is -0.391. The zero-order chi connectivity index (χ0) is 25.6. The second-order valence-corrected chi connectivity index (χ2v) is 9.97. The highest BCUT2D eigenvalue weighted by molar-refractivity contribution is 7.87. The third kappa shape index (κ3) is 6.61. The molecule has 0 aliphatic carbocycles. The summed E-state index contributed by atoms with van der Waals surface area (Å²) in [5.41, 5.74) is 1.38. The molecule has 0 aliphatic rings. The summed E-state index contributed by atoms with van der Waals surface area (Å²) in [6.45, 7) is 5.39. The van der Waals surface area contributed by atoms with E-state index < -0.39 is 10.1 Å². The van der Waals surface area contributed by atoms with E-state index in [2.05, 4.69) is 5.32 Å². The van der Waals surface area contributed by atoms with Gasteiger partial charge in [0.2, 0.25) is 5.91 Å². The van der Waals surface area contributed by atoms with Gasteiger partial charge in [0, 0.05) is 30.8 Å². The van der Waals surface area contributed by atoms with Crippen LogP contribution in [0.25, 0.3) is 0 Å². The third-order valence-electron chi connectivity index (χ3n) is 5.46. The lowest BCUT2D eigenvalue weighted by atomic mass is 10.1. The number of carbonyl (C=O) groups is 2. The van der Waals surface area contributed by atoms with Gasteiger partial charge in [-0.1, -0.05) is 48.9 Å². The van der Waals surface area contributed by atoms with Crippen LogP contribution in [0.15, 0.2) is 77.7 Å². The minimum Gasteiger partial charge on any atom is -0.379 e. The third-order valence-corrected chi connectivity index (χ3v) is 7.04. The molecule has 7 nitrogen and oxygen atoms in total. The molecule has 1 N–H and O–H groups in total. The number of carbonyl (C=O) groups excluding carboxylic acids is 2. The Kier molecular flexibility index (Phi) is 8.53. The first-order valence-corrected chi connectivity index (χ1v) is 12.9. The normalized spacial score (nSPS) is 12.0. The fourth-order valence-electron chi connectivity index (χ4n) is 3.41. The minimum absolute atomic E-state index is 0.0627. The van der Waals surface area contributed by atoms with Crippen molar-refractivity contribution < 1.29 is 22.2 Å². The van der Waals surface area contributed by atoms with Crippen molar-refractivity contribution >= 4 is 39.2 Å². The van der Waals surface area contributed by atoms with Gasteiger partial charge >= 0.3 is 10.1 Å². The fraction of sp³-hybridized carbons (Fsp3) is 0.231. The lowest BCUT2D eigenvalue weighted by Gasteiger charge is -2.29. The van der Waals surface area contributed by atoms with Crippen molar-refractivity contribution in [2.45, 2.75) is 44.7 Å². The summed E-state index contributed by atoms with van der Waals surface area (Å²) < 4.78 is 31.4. The molecule has 1 unspecified atom stereocenters. The SMILES string of the molecule is CCC(C)N(Cc1ccccc1OS(=O)(=O)c1ccc(NC(C)=O)cc1)C(=O)c1ccccc1Cl. The van der Waals surface area contributed by atoms with E-state index in [9.17, 15) is 18.0 Å². The second-order valence-electron chi connectivity index (χ2n) is 8.02. The molecular formula is C26H27ClN2O5S. The number of nitrogens with zero attached hydrogens (tertiary/aromatic N) is 1. The van der Waals surface area contributed by atoms with Crippen molar-refractivity contribution in [2.75, 3.05) is 5.32 Å². The molecule has 2 amide bonds. The number of amides is 2. The highest BCUT2D eigenvalue weighted by atomic mass is 35.5. The Balaban J connectivity index is 1.89. The first-order valence-electron chi connectivity index (χ1n) is 11.1. The van der Waals surface area contributed by atoms with Crippen LogP contribution >= 0.6 is 11.6 Å². The number of para-hydroxylation sites is 1. The van der Waals surface area contributed by atoms with E-state index in [1.54, 1.807) is 53.4 Å². The van der Waals surface area contributed by atoms with Crippen LogP contribution in [0.1, 0.15) is 43.1 Å². The number of nitrogens with one attached hydrogen (secondary N) is 1. The van der Waals surface area contributed by atoms with Gasteiger partial charge in [-0.2, -0.15) is 8.42 Å². The first-order chi connectivity index (χ1) is 16.6. The molecule has 9 heteroatoms. The molecule has 0 bridgehead atoms. The van der Waals surface area contributed by atoms with Crippen molar-refractivity contribution in [1.29, 1.82) is 0 Å². The minimum atomic E-state index is -4.16. The lowest BCUT2D eigenvalue weighted by molar-refractivity contribution is -0.114. The standard InChI is InChI=1S/C26H27ClN2O5S/c1-4-18(2)29(26(31)23-10-6-7-11-24(23)27)17-20-9-5-8-12-25(20)34-35(32,33)22-15-13-21(14-16-22)28-19(3)30/h5-16,18H,4,17H2,1-3H3,(H,28,30). The van der Waals surface area contributed by atoms with Crippen LogP contribution in [0.3, 0.4) is 0 Å². The molecule has 0 spiro atoms. The number of halogens is 1. The van der Waals surface area contributed by atoms with Gasteiger partial charge in [0.15, 0.2) is 0 Å². The average Bonchev–Trinajstić information content (AvgIpc) is 2.82. The summed E-state index contributed by atoms with van der Waals surface area (Å²) in [6.07, 6.45) is 0.693. The number of anilines is 1. The smallest absolute Gasteiger partial charge is 0.339 e. The summed E-state index contributed by atoms with van der Waals surface area (Å²) in [7, 11) is -4.16. The van der Waals surface area contributed by atoms with E-state index in [0.29, 0.717) is 28.3 Å². The van der Waals surface area contributed by atoms with E-state index in [4.69, 9.17) is 15.8 Å². The average molecular weight is 515 g/mol. The van der Waals surface area contributed by atoms with E-state index >= 15 is 0 Å². The molecule has 0 aliphatic heterocycles. The van der Waals surface area contributed by atoms with Crippen molar-refractivity contribution in [3.8, 4) is 5.75 Å². The van der Waals surface area contributed by atoms with Gasteiger partial charge in [-0.25, -0.2) is 0 Å². The fourth-order valence-corrected chi connectivity index (χ4v) is 4.59. The molecule has 3 rings (SSSR count). The number of hydrogen-bond donors (Lipinski definition) is 1. The highest BCUT2D eigenvalue weighted by Crippen LogP contribution is 2.27. The summed E-state index contributed by atoms with van der Waals surface area (Å²) in [6, 6.07) is 19.1. The molecule has 1 atom stereocenters. The zero-order valence-corrected chi connectivity index (χ0v) is 21.3. The maximum Gasteiger partial charge on any atom is 0.339 e. The molecular weight excluding hydrogens is 488 g/mol. The van der Waals surface area contributed by atoms with Crippen LogP contribution < -0.4 is 9.50 Å². The molecule has 0 heterocycles. The molecule has 0 saturated carbocycles. The van der Waals surface area contributed by atoms with Crippen LogP contribution in [-0.2, 0) is 21.5 Å². The molecule has 0 radical (unpaired) electrons. The van der Waals surface area contributed by atoms with Crippen LogP contribution in [0.4, 0.5) is 5.69 Å². The molecule has 0 aromatic heterocycles. The summed E-state index contributed by atoms with van der Waals surface area (Å²) in [4.78, 5) is 26.1. The Morgan fingerprint density at radius 3 is 2.26 bits per heavy atom.